The zero-order valence-electron chi connectivity index (χ0n) is 8.16. The Balaban J connectivity index is 2.64. The van der Waals surface area contributed by atoms with Crippen molar-refractivity contribution in [1.29, 1.82) is 0 Å². The molecule has 0 aliphatic rings. The van der Waals surface area contributed by atoms with Gasteiger partial charge in [0.1, 0.15) is 5.82 Å². The topological polar surface area (TPSA) is 70.2 Å². The van der Waals surface area contributed by atoms with Gasteiger partial charge in [0.15, 0.2) is 5.43 Å². The lowest BCUT2D eigenvalue weighted by molar-refractivity contribution is -0.136. The van der Waals surface area contributed by atoms with Crippen LogP contribution in [0.4, 0.5) is 4.39 Å². The zero-order chi connectivity index (χ0) is 11.7. The number of aromatic nitrogens is 1. The minimum absolute atomic E-state index is 0.217. The maximum Gasteiger partial charge on any atom is 0.309 e. The number of hydrogen-bond donors (Lipinski definition) is 2. The second-order valence-corrected chi connectivity index (χ2v) is 3.42. The lowest BCUT2D eigenvalue weighted by atomic mass is 10.1. The van der Waals surface area contributed by atoms with Crippen LogP contribution < -0.4 is 5.43 Å². The van der Waals surface area contributed by atoms with E-state index in [9.17, 15) is 14.0 Å². The van der Waals surface area contributed by atoms with E-state index >= 15 is 0 Å². The normalized spacial score (nSPS) is 10.6. The fraction of sp³-hybridized carbons (Fsp3) is 0.0909. The lowest BCUT2D eigenvalue weighted by Gasteiger charge is -2.01. The smallest absolute Gasteiger partial charge is 0.309 e. The SMILES string of the molecule is O=C(O)Cc1cc(=O)c2cc(F)ccc2[nH]1. The average Bonchev–Trinajstić information content (AvgIpc) is 2.18. The van der Waals surface area contributed by atoms with E-state index in [2.05, 4.69) is 4.98 Å². The number of carbonyl (C=O) groups is 1. The van der Waals surface area contributed by atoms with Crippen LogP contribution in [0.5, 0.6) is 0 Å². The van der Waals surface area contributed by atoms with Crippen molar-refractivity contribution in [3.05, 3.63) is 46.0 Å². The van der Waals surface area contributed by atoms with Crippen LogP contribution in [0.3, 0.4) is 0 Å². The van der Waals surface area contributed by atoms with E-state index in [0.717, 1.165) is 6.07 Å². The van der Waals surface area contributed by atoms with Crippen molar-refractivity contribution in [3.8, 4) is 0 Å². The highest BCUT2D eigenvalue weighted by molar-refractivity contribution is 5.79. The number of carboxylic acids is 1. The summed E-state index contributed by atoms with van der Waals surface area (Å²) in [5.41, 5.74) is 0.353. The molecule has 2 aromatic rings. The number of hydrogen-bond acceptors (Lipinski definition) is 2. The monoisotopic (exact) mass is 221 g/mol. The Hall–Kier alpha value is -2.17. The van der Waals surface area contributed by atoms with Gasteiger partial charge in [-0.3, -0.25) is 9.59 Å². The summed E-state index contributed by atoms with van der Waals surface area (Å²) in [7, 11) is 0. The average molecular weight is 221 g/mol. The third-order valence-corrected chi connectivity index (χ3v) is 2.19. The van der Waals surface area contributed by atoms with Crippen LogP contribution >= 0.6 is 0 Å². The number of rotatable bonds is 2. The Bertz CT molecular complexity index is 618. The highest BCUT2D eigenvalue weighted by Gasteiger charge is 2.06. The molecule has 4 nitrogen and oxygen atoms in total. The summed E-state index contributed by atoms with van der Waals surface area (Å²) in [5.74, 6) is -1.53. The minimum Gasteiger partial charge on any atom is -0.481 e. The summed E-state index contributed by atoms with van der Waals surface area (Å²) in [6.45, 7) is 0. The van der Waals surface area contributed by atoms with Gasteiger partial charge in [0.25, 0.3) is 0 Å². The number of aromatic amines is 1. The van der Waals surface area contributed by atoms with Gasteiger partial charge in [0, 0.05) is 22.7 Å². The van der Waals surface area contributed by atoms with E-state index in [4.69, 9.17) is 5.11 Å². The molecule has 0 amide bonds. The Kier molecular flexibility index (Phi) is 2.44. The summed E-state index contributed by atoms with van der Waals surface area (Å²) < 4.78 is 12.9. The standard InChI is InChI=1S/C11H8FNO3/c12-6-1-2-9-8(3-6)10(14)4-7(13-9)5-11(15)16/h1-4H,5H2,(H,13,14)(H,15,16). The molecular formula is C11H8FNO3. The van der Waals surface area contributed by atoms with Crippen LogP contribution in [0.1, 0.15) is 5.69 Å². The first-order valence-corrected chi connectivity index (χ1v) is 4.59. The van der Waals surface area contributed by atoms with E-state index in [1.165, 1.54) is 18.2 Å². The second kappa shape index (κ2) is 3.77. The van der Waals surface area contributed by atoms with Crippen LogP contribution in [0.2, 0.25) is 0 Å². The maximum absolute atomic E-state index is 12.9. The Morgan fingerprint density at radius 2 is 2.12 bits per heavy atom. The van der Waals surface area contributed by atoms with Gasteiger partial charge in [-0.15, -0.1) is 0 Å². The van der Waals surface area contributed by atoms with Gasteiger partial charge in [-0.1, -0.05) is 0 Å². The molecule has 82 valence electrons. The van der Waals surface area contributed by atoms with Crippen molar-refractivity contribution in [3.63, 3.8) is 0 Å². The second-order valence-electron chi connectivity index (χ2n) is 3.42. The van der Waals surface area contributed by atoms with Gasteiger partial charge >= 0.3 is 5.97 Å². The number of benzene rings is 1. The molecular weight excluding hydrogens is 213 g/mol. The lowest BCUT2D eigenvalue weighted by Crippen LogP contribution is -2.09. The van der Waals surface area contributed by atoms with Crippen molar-refractivity contribution >= 4 is 16.9 Å². The van der Waals surface area contributed by atoms with Crippen molar-refractivity contribution in [2.24, 2.45) is 0 Å². The molecule has 1 heterocycles. The Labute approximate surface area is 89.3 Å². The number of pyridine rings is 1. The molecule has 0 saturated carbocycles. The Morgan fingerprint density at radius 3 is 2.81 bits per heavy atom. The number of fused-ring (bicyclic) bond motifs is 1. The molecule has 0 bridgehead atoms. The molecule has 0 unspecified atom stereocenters. The van der Waals surface area contributed by atoms with Crippen molar-refractivity contribution in [1.82, 2.24) is 4.98 Å². The molecule has 2 N–H and O–H groups in total. The van der Waals surface area contributed by atoms with E-state index < -0.39 is 11.8 Å². The van der Waals surface area contributed by atoms with Gasteiger partial charge in [0.05, 0.1) is 6.42 Å². The molecule has 16 heavy (non-hydrogen) atoms. The van der Waals surface area contributed by atoms with Gasteiger partial charge in [-0.25, -0.2) is 4.39 Å². The molecule has 1 aromatic carbocycles. The van der Waals surface area contributed by atoms with Gasteiger partial charge in [-0.05, 0) is 18.2 Å². The quantitative estimate of drug-likeness (QED) is 0.802. The van der Waals surface area contributed by atoms with Crippen LogP contribution in [0.15, 0.2) is 29.1 Å². The first kappa shape index (κ1) is 10.4. The molecule has 2 rings (SSSR count). The number of halogens is 1. The predicted octanol–water partition coefficient (Wildman–Crippen LogP) is 1.29. The summed E-state index contributed by atoms with van der Waals surface area (Å²) in [5, 5.41) is 8.81. The molecule has 0 aliphatic heterocycles. The number of H-pyrrole nitrogens is 1. The first-order valence-electron chi connectivity index (χ1n) is 4.59. The molecule has 1 aromatic heterocycles. The molecule has 0 radical (unpaired) electrons. The molecule has 0 spiro atoms. The highest BCUT2D eigenvalue weighted by atomic mass is 19.1. The van der Waals surface area contributed by atoms with Crippen LogP contribution in [-0.2, 0) is 11.2 Å². The third kappa shape index (κ3) is 1.93. The first-order chi connectivity index (χ1) is 7.56. The fourth-order valence-electron chi connectivity index (χ4n) is 1.53. The maximum atomic E-state index is 12.9. The molecule has 0 aliphatic carbocycles. The third-order valence-electron chi connectivity index (χ3n) is 2.19. The summed E-state index contributed by atoms with van der Waals surface area (Å²) in [4.78, 5) is 24.8. The van der Waals surface area contributed by atoms with Crippen LogP contribution in [-0.4, -0.2) is 16.1 Å². The van der Waals surface area contributed by atoms with E-state index in [-0.39, 0.29) is 17.2 Å². The van der Waals surface area contributed by atoms with Gasteiger partial charge < -0.3 is 10.1 Å². The van der Waals surface area contributed by atoms with Gasteiger partial charge in [0.2, 0.25) is 0 Å². The minimum atomic E-state index is -1.03. The highest BCUT2D eigenvalue weighted by Crippen LogP contribution is 2.10. The van der Waals surface area contributed by atoms with Crippen LogP contribution in [0, 0.1) is 5.82 Å². The summed E-state index contributed by atoms with van der Waals surface area (Å²) >= 11 is 0. The van der Waals surface area contributed by atoms with E-state index in [1.54, 1.807) is 0 Å². The molecule has 5 heteroatoms. The van der Waals surface area contributed by atoms with Crippen LogP contribution in [0.25, 0.3) is 10.9 Å². The van der Waals surface area contributed by atoms with Gasteiger partial charge in [-0.2, -0.15) is 0 Å². The summed E-state index contributed by atoms with van der Waals surface area (Å²) in [6, 6.07) is 4.93. The molecule has 0 atom stereocenters. The zero-order valence-corrected chi connectivity index (χ0v) is 8.16. The Morgan fingerprint density at radius 1 is 1.38 bits per heavy atom. The number of carboxylic acid groups (broad SMARTS) is 1. The number of nitrogens with one attached hydrogen (secondary N) is 1. The van der Waals surface area contributed by atoms with E-state index in [0.29, 0.717) is 11.2 Å². The predicted molar refractivity (Wildman–Crippen MR) is 55.9 cm³/mol. The van der Waals surface area contributed by atoms with E-state index in [1.807, 2.05) is 0 Å². The fourth-order valence-corrected chi connectivity index (χ4v) is 1.53. The van der Waals surface area contributed by atoms with Crippen molar-refractivity contribution < 1.29 is 14.3 Å². The summed E-state index contributed by atoms with van der Waals surface area (Å²) in [6.07, 6.45) is -0.261. The van der Waals surface area contributed by atoms with Crippen molar-refractivity contribution in [2.75, 3.05) is 0 Å². The van der Waals surface area contributed by atoms with Crippen molar-refractivity contribution in [2.45, 2.75) is 6.42 Å². The molecule has 0 saturated heterocycles. The number of aliphatic carboxylic acids is 1. The largest absolute Gasteiger partial charge is 0.481 e. The molecule has 0 fully saturated rings.